The number of ether oxygens (including phenoxy) is 1. The van der Waals surface area contributed by atoms with Gasteiger partial charge in [-0.25, -0.2) is 4.79 Å². The largest absolute Gasteiger partial charge is 0.375 e. The van der Waals surface area contributed by atoms with E-state index >= 15 is 0 Å². The highest BCUT2D eigenvalue weighted by atomic mass is 16.5. The molecule has 0 spiro atoms. The zero-order valence-corrected chi connectivity index (χ0v) is 13.5. The van der Waals surface area contributed by atoms with E-state index in [1.165, 1.54) is 12.8 Å². The van der Waals surface area contributed by atoms with Gasteiger partial charge in [0, 0.05) is 13.2 Å². The molecule has 5 heteroatoms. The number of amides is 2. The van der Waals surface area contributed by atoms with Gasteiger partial charge in [-0.1, -0.05) is 12.1 Å². The average Bonchev–Trinajstić information content (AvgIpc) is 3.30. The van der Waals surface area contributed by atoms with Crippen molar-refractivity contribution in [2.45, 2.75) is 44.2 Å². The van der Waals surface area contributed by atoms with E-state index in [9.17, 15) is 4.79 Å². The van der Waals surface area contributed by atoms with Gasteiger partial charge in [0.1, 0.15) is 0 Å². The number of carbonyl (C=O) groups is 1. The Morgan fingerprint density at radius 1 is 1.48 bits per heavy atom. The Hall–Kier alpha value is -2.06. The van der Waals surface area contributed by atoms with Crippen LogP contribution in [0.3, 0.4) is 0 Å². The lowest BCUT2D eigenvalue weighted by molar-refractivity contribution is 0.0591. The third kappa shape index (κ3) is 3.83. The quantitative estimate of drug-likeness (QED) is 0.876. The Bertz CT molecular complexity index is 621. The summed E-state index contributed by atoms with van der Waals surface area (Å²) in [5.74, 6) is 0.608. The third-order valence-electron chi connectivity index (χ3n) is 4.75. The number of urea groups is 1. The van der Waals surface area contributed by atoms with Crippen LogP contribution < -0.4 is 10.6 Å². The van der Waals surface area contributed by atoms with Gasteiger partial charge in [-0.05, 0) is 56.2 Å². The van der Waals surface area contributed by atoms with Crippen molar-refractivity contribution in [2.24, 2.45) is 5.92 Å². The summed E-state index contributed by atoms with van der Waals surface area (Å²) in [5, 5.41) is 14.9. The molecule has 2 N–H and O–H groups in total. The van der Waals surface area contributed by atoms with E-state index in [0.717, 1.165) is 18.6 Å². The molecule has 3 rings (SSSR count). The highest BCUT2D eigenvalue weighted by molar-refractivity contribution is 5.75. The molecule has 0 radical (unpaired) electrons. The normalized spacial score (nSPS) is 26.5. The van der Waals surface area contributed by atoms with Crippen LogP contribution in [-0.4, -0.2) is 30.8 Å². The minimum atomic E-state index is -0.258. The molecule has 0 aromatic heterocycles. The minimum Gasteiger partial charge on any atom is -0.375 e. The van der Waals surface area contributed by atoms with Gasteiger partial charge in [0.2, 0.25) is 0 Å². The van der Waals surface area contributed by atoms with Crippen molar-refractivity contribution in [1.29, 1.82) is 5.26 Å². The molecule has 5 nitrogen and oxygen atoms in total. The molecular weight excluding hydrogens is 290 g/mol. The van der Waals surface area contributed by atoms with Crippen LogP contribution in [0.1, 0.15) is 37.3 Å². The number of nitrogens with zero attached hydrogens (tertiary/aromatic N) is 1. The predicted octanol–water partition coefficient (Wildman–Crippen LogP) is 2.36. The molecule has 1 saturated heterocycles. The number of hydrogen-bond acceptors (Lipinski definition) is 3. The molecule has 1 aromatic carbocycles. The van der Waals surface area contributed by atoms with Gasteiger partial charge < -0.3 is 15.4 Å². The second-order valence-corrected chi connectivity index (χ2v) is 6.74. The van der Waals surface area contributed by atoms with E-state index in [1.807, 2.05) is 18.2 Å². The summed E-state index contributed by atoms with van der Waals surface area (Å²) < 4.78 is 5.82. The number of benzene rings is 1. The first kappa shape index (κ1) is 15.8. The van der Waals surface area contributed by atoms with E-state index in [-0.39, 0.29) is 17.7 Å². The Balaban J connectivity index is 1.47. The highest BCUT2D eigenvalue weighted by Gasteiger charge is 2.48. The molecule has 1 heterocycles. The van der Waals surface area contributed by atoms with E-state index < -0.39 is 0 Å². The van der Waals surface area contributed by atoms with Gasteiger partial charge >= 0.3 is 6.03 Å². The molecule has 1 aliphatic heterocycles. The predicted molar refractivity (Wildman–Crippen MR) is 86.9 cm³/mol. The fourth-order valence-electron chi connectivity index (χ4n) is 3.33. The third-order valence-corrected chi connectivity index (χ3v) is 4.75. The minimum absolute atomic E-state index is 0.139. The SMILES string of the molecule is C[C@]1(NC(=O)NCCc2cccc(C#N)c2)CCO[C@H]1C1CC1. The van der Waals surface area contributed by atoms with Crippen LogP contribution in [0, 0.1) is 17.2 Å². The smallest absolute Gasteiger partial charge is 0.315 e. The molecule has 1 aromatic rings. The number of nitriles is 1. The first-order chi connectivity index (χ1) is 11.1. The molecule has 23 heavy (non-hydrogen) atoms. The fourth-order valence-corrected chi connectivity index (χ4v) is 3.33. The monoisotopic (exact) mass is 313 g/mol. The van der Waals surface area contributed by atoms with Crippen molar-refractivity contribution in [3.8, 4) is 6.07 Å². The zero-order valence-electron chi connectivity index (χ0n) is 13.5. The maximum Gasteiger partial charge on any atom is 0.315 e. The van der Waals surface area contributed by atoms with Crippen LogP contribution >= 0.6 is 0 Å². The topological polar surface area (TPSA) is 74.2 Å². The molecule has 2 amide bonds. The fraction of sp³-hybridized carbons (Fsp3) is 0.556. The zero-order chi connectivity index (χ0) is 16.3. The lowest BCUT2D eigenvalue weighted by atomic mass is 9.90. The van der Waals surface area contributed by atoms with Crippen molar-refractivity contribution in [2.75, 3.05) is 13.2 Å². The lowest BCUT2D eigenvalue weighted by Crippen LogP contribution is -2.55. The van der Waals surface area contributed by atoms with Crippen molar-refractivity contribution >= 4 is 6.03 Å². The summed E-state index contributed by atoms with van der Waals surface area (Å²) in [7, 11) is 0. The lowest BCUT2D eigenvalue weighted by Gasteiger charge is -2.31. The molecule has 0 bridgehead atoms. The number of hydrogen-bond donors (Lipinski definition) is 2. The first-order valence-corrected chi connectivity index (χ1v) is 8.27. The van der Waals surface area contributed by atoms with Crippen LogP contribution in [0.4, 0.5) is 4.79 Å². The standard InChI is InChI=1S/C18H23N3O2/c1-18(8-10-23-16(18)15-5-6-15)21-17(22)20-9-7-13-3-2-4-14(11-13)12-19/h2-4,11,15-16H,5-10H2,1H3,(H2,20,21,22)/t16-,18-/m0/s1. The van der Waals surface area contributed by atoms with Crippen LogP contribution in [0.25, 0.3) is 0 Å². The Morgan fingerprint density at radius 2 is 2.30 bits per heavy atom. The van der Waals surface area contributed by atoms with E-state index in [0.29, 0.717) is 24.4 Å². The van der Waals surface area contributed by atoms with E-state index in [1.54, 1.807) is 6.07 Å². The summed E-state index contributed by atoms with van der Waals surface area (Å²) in [4.78, 5) is 12.2. The molecule has 2 aliphatic rings. The summed E-state index contributed by atoms with van der Waals surface area (Å²) in [6, 6.07) is 9.46. The highest BCUT2D eigenvalue weighted by Crippen LogP contribution is 2.43. The number of rotatable bonds is 5. The van der Waals surface area contributed by atoms with Gasteiger partial charge in [-0.15, -0.1) is 0 Å². The Labute approximate surface area is 137 Å². The van der Waals surface area contributed by atoms with Crippen molar-refractivity contribution in [1.82, 2.24) is 10.6 Å². The van der Waals surface area contributed by atoms with E-state index in [4.69, 9.17) is 10.00 Å². The maximum absolute atomic E-state index is 12.2. The van der Waals surface area contributed by atoms with E-state index in [2.05, 4.69) is 23.6 Å². The van der Waals surface area contributed by atoms with Gasteiger partial charge in [0.05, 0.1) is 23.3 Å². The summed E-state index contributed by atoms with van der Waals surface area (Å²) in [5.41, 5.74) is 1.44. The van der Waals surface area contributed by atoms with Gasteiger partial charge in [0.25, 0.3) is 0 Å². The molecule has 2 fully saturated rings. The summed E-state index contributed by atoms with van der Waals surface area (Å²) in [6.45, 7) is 3.35. The van der Waals surface area contributed by atoms with Crippen LogP contribution in [0.2, 0.25) is 0 Å². The second kappa shape index (κ2) is 6.59. The summed E-state index contributed by atoms with van der Waals surface area (Å²) >= 11 is 0. The molecule has 1 saturated carbocycles. The van der Waals surface area contributed by atoms with Crippen molar-refractivity contribution < 1.29 is 9.53 Å². The molecule has 1 aliphatic carbocycles. The van der Waals surface area contributed by atoms with Crippen LogP contribution in [0.15, 0.2) is 24.3 Å². The second-order valence-electron chi connectivity index (χ2n) is 6.74. The van der Waals surface area contributed by atoms with Crippen molar-refractivity contribution in [3.05, 3.63) is 35.4 Å². The van der Waals surface area contributed by atoms with Crippen molar-refractivity contribution in [3.63, 3.8) is 0 Å². The van der Waals surface area contributed by atoms with Gasteiger partial charge in [-0.2, -0.15) is 5.26 Å². The number of nitrogens with one attached hydrogen (secondary N) is 2. The maximum atomic E-state index is 12.2. The van der Waals surface area contributed by atoms with Crippen LogP contribution in [-0.2, 0) is 11.2 Å². The Kier molecular flexibility index (Phi) is 4.53. The molecule has 2 atom stereocenters. The summed E-state index contributed by atoms with van der Waals surface area (Å²) in [6.07, 6.45) is 4.14. The molecular formula is C18H23N3O2. The Morgan fingerprint density at radius 3 is 3.04 bits per heavy atom. The molecule has 122 valence electrons. The van der Waals surface area contributed by atoms with Gasteiger partial charge in [0.15, 0.2) is 0 Å². The number of carbonyl (C=O) groups excluding carboxylic acids is 1. The first-order valence-electron chi connectivity index (χ1n) is 8.27. The van der Waals surface area contributed by atoms with Gasteiger partial charge in [-0.3, -0.25) is 0 Å². The molecule has 0 unspecified atom stereocenters. The average molecular weight is 313 g/mol. The van der Waals surface area contributed by atoms with Crippen LogP contribution in [0.5, 0.6) is 0 Å².